The van der Waals surface area contributed by atoms with Crippen LogP contribution in [0.4, 0.5) is 0 Å². The van der Waals surface area contributed by atoms with Gasteiger partial charge in [0, 0.05) is 21.0 Å². The summed E-state index contributed by atoms with van der Waals surface area (Å²) >= 11 is 12.2. The third-order valence-corrected chi connectivity index (χ3v) is 3.54. The first-order valence-electron chi connectivity index (χ1n) is 6.02. The lowest BCUT2D eigenvalue weighted by Gasteiger charge is -2.09. The Balaban J connectivity index is 2.41. The third kappa shape index (κ3) is 2.55. The zero-order valence-corrected chi connectivity index (χ0v) is 12.1. The fourth-order valence-electron chi connectivity index (χ4n) is 2.05. The molecule has 3 aromatic rings. The summed E-state index contributed by atoms with van der Waals surface area (Å²) in [5, 5.41) is 10.8. The molecule has 1 N–H and O–H groups in total. The minimum absolute atomic E-state index is 0.278. The SMILES string of the molecule is O=C(O)c1nc(-c2ccccc2Cl)c2cc(Cl)ccc2n1. The quantitative estimate of drug-likeness (QED) is 0.765. The van der Waals surface area contributed by atoms with Crippen LogP contribution < -0.4 is 0 Å². The molecule has 6 heteroatoms. The molecule has 1 aromatic heterocycles. The molecule has 0 saturated heterocycles. The average Bonchev–Trinajstić information content (AvgIpc) is 2.47. The third-order valence-electron chi connectivity index (χ3n) is 2.98. The van der Waals surface area contributed by atoms with Crippen LogP contribution in [0.25, 0.3) is 22.2 Å². The van der Waals surface area contributed by atoms with E-state index in [-0.39, 0.29) is 5.82 Å². The van der Waals surface area contributed by atoms with E-state index >= 15 is 0 Å². The molecule has 0 aliphatic rings. The number of hydrogen-bond acceptors (Lipinski definition) is 3. The summed E-state index contributed by atoms with van der Waals surface area (Å²) < 4.78 is 0. The molecule has 1 heterocycles. The Morgan fingerprint density at radius 3 is 2.52 bits per heavy atom. The Labute approximate surface area is 130 Å². The maximum atomic E-state index is 11.2. The van der Waals surface area contributed by atoms with E-state index in [1.54, 1.807) is 42.5 Å². The van der Waals surface area contributed by atoms with Crippen molar-refractivity contribution in [2.24, 2.45) is 0 Å². The highest BCUT2D eigenvalue weighted by Crippen LogP contribution is 2.32. The summed E-state index contributed by atoms with van der Waals surface area (Å²) in [4.78, 5) is 19.3. The largest absolute Gasteiger partial charge is 0.475 e. The summed E-state index contributed by atoms with van der Waals surface area (Å²) in [6.07, 6.45) is 0. The summed E-state index contributed by atoms with van der Waals surface area (Å²) in [6.45, 7) is 0. The minimum atomic E-state index is -1.19. The molecule has 0 unspecified atom stereocenters. The predicted molar refractivity (Wildman–Crippen MR) is 82.0 cm³/mol. The number of nitrogens with zero attached hydrogens (tertiary/aromatic N) is 2. The highest BCUT2D eigenvalue weighted by atomic mass is 35.5. The van der Waals surface area contributed by atoms with Crippen molar-refractivity contribution in [1.82, 2.24) is 9.97 Å². The summed E-state index contributed by atoms with van der Waals surface area (Å²) in [6, 6.07) is 12.1. The van der Waals surface area contributed by atoms with Crippen LogP contribution in [0.5, 0.6) is 0 Å². The van der Waals surface area contributed by atoms with Gasteiger partial charge in [0.25, 0.3) is 0 Å². The number of benzene rings is 2. The maximum absolute atomic E-state index is 11.2. The molecule has 0 amide bonds. The van der Waals surface area contributed by atoms with Crippen LogP contribution in [0.15, 0.2) is 42.5 Å². The Kier molecular flexibility index (Phi) is 3.49. The number of fused-ring (bicyclic) bond motifs is 1. The van der Waals surface area contributed by atoms with Crippen LogP contribution >= 0.6 is 23.2 Å². The number of carboxylic acids is 1. The van der Waals surface area contributed by atoms with Crippen LogP contribution in [-0.2, 0) is 0 Å². The Hall–Kier alpha value is -2.17. The molecule has 0 bridgehead atoms. The normalized spacial score (nSPS) is 10.8. The van der Waals surface area contributed by atoms with Crippen molar-refractivity contribution in [3.63, 3.8) is 0 Å². The monoisotopic (exact) mass is 318 g/mol. The van der Waals surface area contributed by atoms with E-state index in [4.69, 9.17) is 28.3 Å². The highest BCUT2D eigenvalue weighted by molar-refractivity contribution is 6.34. The van der Waals surface area contributed by atoms with Gasteiger partial charge in [-0.15, -0.1) is 0 Å². The zero-order valence-electron chi connectivity index (χ0n) is 10.5. The molecule has 0 aliphatic heterocycles. The Morgan fingerprint density at radius 1 is 1.05 bits per heavy atom. The molecule has 0 saturated carbocycles. The molecular weight excluding hydrogens is 311 g/mol. The van der Waals surface area contributed by atoms with Gasteiger partial charge in [-0.3, -0.25) is 0 Å². The van der Waals surface area contributed by atoms with Crippen LogP contribution in [0.2, 0.25) is 10.0 Å². The number of aromatic nitrogens is 2. The number of halogens is 2. The number of carboxylic acid groups (broad SMARTS) is 1. The first-order valence-corrected chi connectivity index (χ1v) is 6.77. The lowest BCUT2D eigenvalue weighted by molar-refractivity contribution is 0.0684. The predicted octanol–water partition coefficient (Wildman–Crippen LogP) is 4.30. The second-order valence-corrected chi connectivity index (χ2v) is 5.19. The van der Waals surface area contributed by atoms with E-state index in [1.807, 2.05) is 0 Å². The standard InChI is InChI=1S/C15H8Cl2N2O2/c16-8-5-6-12-10(7-8)13(19-14(18-12)15(20)21)9-3-1-2-4-11(9)17/h1-7H,(H,20,21). The number of aromatic carboxylic acids is 1. The van der Waals surface area contributed by atoms with Crippen molar-refractivity contribution >= 4 is 40.1 Å². The van der Waals surface area contributed by atoms with Crippen LogP contribution in [0.3, 0.4) is 0 Å². The van der Waals surface area contributed by atoms with Crippen molar-refractivity contribution in [1.29, 1.82) is 0 Å². The Bertz CT molecular complexity index is 865. The molecule has 0 fully saturated rings. The molecule has 4 nitrogen and oxygen atoms in total. The fourth-order valence-corrected chi connectivity index (χ4v) is 2.45. The van der Waals surface area contributed by atoms with Crippen molar-refractivity contribution in [3.05, 3.63) is 58.3 Å². The van der Waals surface area contributed by atoms with Gasteiger partial charge >= 0.3 is 5.97 Å². The average molecular weight is 319 g/mol. The number of carbonyl (C=O) groups is 1. The topological polar surface area (TPSA) is 63.1 Å². The molecule has 0 spiro atoms. The van der Waals surface area contributed by atoms with Crippen molar-refractivity contribution in [2.45, 2.75) is 0 Å². The van der Waals surface area contributed by atoms with Gasteiger partial charge < -0.3 is 5.11 Å². The van der Waals surface area contributed by atoms with Gasteiger partial charge in [0.1, 0.15) is 0 Å². The van der Waals surface area contributed by atoms with Gasteiger partial charge in [0.05, 0.1) is 11.2 Å². The molecular formula is C15H8Cl2N2O2. The molecule has 0 radical (unpaired) electrons. The van der Waals surface area contributed by atoms with Gasteiger partial charge in [-0.1, -0.05) is 41.4 Å². The van der Waals surface area contributed by atoms with E-state index in [1.165, 1.54) is 0 Å². The Morgan fingerprint density at radius 2 is 1.81 bits per heavy atom. The van der Waals surface area contributed by atoms with E-state index < -0.39 is 5.97 Å². The smallest absolute Gasteiger partial charge is 0.373 e. The number of rotatable bonds is 2. The van der Waals surface area contributed by atoms with Gasteiger partial charge in [-0.05, 0) is 24.3 Å². The molecule has 21 heavy (non-hydrogen) atoms. The zero-order chi connectivity index (χ0) is 15.0. The van der Waals surface area contributed by atoms with Crippen molar-refractivity contribution < 1.29 is 9.90 Å². The lowest BCUT2D eigenvalue weighted by atomic mass is 10.1. The summed E-state index contributed by atoms with van der Waals surface area (Å²) in [5.74, 6) is -1.47. The minimum Gasteiger partial charge on any atom is -0.475 e. The molecule has 104 valence electrons. The van der Waals surface area contributed by atoms with E-state index in [9.17, 15) is 4.79 Å². The van der Waals surface area contributed by atoms with E-state index in [0.717, 1.165) is 0 Å². The van der Waals surface area contributed by atoms with Crippen LogP contribution in [0, 0.1) is 0 Å². The highest BCUT2D eigenvalue weighted by Gasteiger charge is 2.16. The van der Waals surface area contributed by atoms with Gasteiger partial charge in [-0.2, -0.15) is 0 Å². The molecule has 0 atom stereocenters. The van der Waals surface area contributed by atoms with Crippen LogP contribution in [0.1, 0.15) is 10.6 Å². The van der Waals surface area contributed by atoms with Crippen LogP contribution in [-0.4, -0.2) is 21.0 Å². The van der Waals surface area contributed by atoms with Gasteiger partial charge in [0.15, 0.2) is 0 Å². The van der Waals surface area contributed by atoms with E-state index in [0.29, 0.717) is 32.2 Å². The van der Waals surface area contributed by atoms with Gasteiger partial charge in [0.2, 0.25) is 5.82 Å². The summed E-state index contributed by atoms with van der Waals surface area (Å²) in [5.41, 5.74) is 1.59. The molecule has 2 aromatic carbocycles. The first-order chi connectivity index (χ1) is 10.1. The molecule has 0 aliphatic carbocycles. The number of hydrogen-bond donors (Lipinski definition) is 1. The second kappa shape index (κ2) is 5.31. The second-order valence-electron chi connectivity index (χ2n) is 4.34. The lowest BCUT2D eigenvalue weighted by Crippen LogP contribution is -2.06. The van der Waals surface area contributed by atoms with Gasteiger partial charge in [-0.25, -0.2) is 14.8 Å². The maximum Gasteiger partial charge on any atom is 0.373 e. The summed E-state index contributed by atoms with van der Waals surface area (Å²) in [7, 11) is 0. The molecule has 3 rings (SSSR count). The fraction of sp³-hybridized carbons (Fsp3) is 0. The van der Waals surface area contributed by atoms with E-state index in [2.05, 4.69) is 9.97 Å². The first kappa shape index (κ1) is 13.8. The van der Waals surface area contributed by atoms with Crippen molar-refractivity contribution in [3.8, 4) is 11.3 Å². The van der Waals surface area contributed by atoms with Crippen molar-refractivity contribution in [2.75, 3.05) is 0 Å².